The number of aryl methyl sites for hydroxylation is 1. The fraction of sp³-hybridized carbons (Fsp3) is 0.556. The highest BCUT2D eigenvalue weighted by atomic mass is 16.5. The Balaban J connectivity index is 2.77. The minimum Gasteiger partial charge on any atom is -0.383 e. The molecule has 0 N–H and O–H groups in total. The second-order valence-corrected chi connectivity index (χ2v) is 2.94. The Morgan fingerprint density at radius 1 is 1.69 bits per heavy atom. The molecule has 0 aromatic carbocycles. The number of ketones is 1. The summed E-state index contributed by atoms with van der Waals surface area (Å²) >= 11 is 0. The molecule has 0 unspecified atom stereocenters. The lowest BCUT2D eigenvalue weighted by atomic mass is 10.3. The van der Waals surface area contributed by atoms with Gasteiger partial charge < -0.3 is 4.74 Å². The number of hydrogen-bond donors (Lipinski definition) is 0. The number of Topliss-reactive ketones (excluding diaryl/α,β-unsaturated/α-hetero) is 1. The van der Waals surface area contributed by atoms with Crippen LogP contribution in [0.3, 0.4) is 0 Å². The van der Waals surface area contributed by atoms with Gasteiger partial charge in [0.05, 0.1) is 13.2 Å². The average molecular weight is 182 g/mol. The fourth-order valence-electron chi connectivity index (χ4n) is 1.09. The highest BCUT2D eigenvalue weighted by Crippen LogP contribution is 2.03. The van der Waals surface area contributed by atoms with Gasteiger partial charge in [-0.25, -0.2) is 0 Å². The molecule has 0 amide bonds. The largest absolute Gasteiger partial charge is 0.383 e. The van der Waals surface area contributed by atoms with Gasteiger partial charge in [0.1, 0.15) is 5.69 Å². The van der Waals surface area contributed by atoms with Crippen LogP contribution in [-0.4, -0.2) is 29.3 Å². The van der Waals surface area contributed by atoms with Crippen molar-refractivity contribution in [3.8, 4) is 0 Å². The minimum atomic E-state index is -0.000679. The highest BCUT2D eigenvalue weighted by Gasteiger charge is 2.06. The van der Waals surface area contributed by atoms with E-state index in [1.165, 1.54) is 6.92 Å². The Morgan fingerprint density at radius 3 is 2.85 bits per heavy atom. The van der Waals surface area contributed by atoms with E-state index in [0.717, 1.165) is 5.69 Å². The van der Waals surface area contributed by atoms with Crippen LogP contribution in [0, 0.1) is 6.92 Å². The van der Waals surface area contributed by atoms with Gasteiger partial charge in [-0.15, -0.1) is 0 Å². The summed E-state index contributed by atoms with van der Waals surface area (Å²) in [6, 6.07) is 1.79. The number of hydrogen-bond acceptors (Lipinski definition) is 3. The van der Waals surface area contributed by atoms with Crippen molar-refractivity contribution in [2.24, 2.45) is 0 Å². The number of carbonyl (C=O) groups excluding carboxylic acids is 1. The van der Waals surface area contributed by atoms with E-state index in [4.69, 9.17) is 4.74 Å². The van der Waals surface area contributed by atoms with Crippen LogP contribution in [0.25, 0.3) is 0 Å². The summed E-state index contributed by atoms with van der Waals surface area (Å²) in [6.45, 7) is 4.74. The first-order chi connectivity index (χ1) is 6.15. The summed E-state index contributed by atoms with van der Waals surface area (Å²) in [6.07, 6.45) is 0. The SMILES string of the molecule is COCCn1nc(C(C)=O)cc1C. The molecule has 0 radical (unpaired) electrons. The molecule has 0 fully saturated rings. The molecule has 0 saturated heterocycles. The lowest BCUT2D eigenvalue weighted by molar-refractivity contribution is 0.101. The Kier molecular flexibility index (Phi) is 3.19. The van der Waals surface area contributed by atoms with Crippen LogP contribution < -0.4 is 0 Å². The Morgan fingerprint density at radius 2 is 2.38 bits per heavy atom. The van der Waals surface area contributed by atoms with E-state index >= 15 is 0 Å². The van der Waals surface area contributed by atoms with Crippen LogP contribution in [-0.2, 0) is 11.3 Å². The number of carbonyl (C=O) groups is 1. The first-order valence-electron chi connectivity index (χ1n) is 4.19. The number of methoxy groups -OCH3 is 1. The molecule has 4 heteroatoms. The van der Waals surface area contributed by atoms with Gasteiger partial charge in [-0.05, 0) is 13.0 Å². The third-order valence-electron chi connectivity index (χ3n) is 1.85. The Labute approximate surface area is 77.5 Å². The monoisotopic (exact) mass is 182 g/mol. The second-order valence-electron chi connectivity index (χ2n) is 2.94. The summed E-state index contributed by atoms with van der Waals surface area (Å²) in [5.41, 5.74) is 1.51. The maximum absolute atomic E-state index is 11.0. The van der Waals surface area contributed by atoms with Crippen LogP contribution in [0.2, 0.25) is 0 Å². The summed E-state index contributed by atoms with van der Waals surface area (Å²) in [5, 5.41) is 4.13. The molecule has 0 spiro atoms. The number of nitrogens with zero attached hydrogens (tertiary/aromatic N) is 2. The predicted octanol–water partition coefficient (Wildman–Crippen LogP) is 1.04. The zero-order chi connectivity index (χ0) is 9.84. The number of aromatic nitrogens is 2. The van der Waals surface area contributed by atoms with E-state index in [1.807, 2.05) is 6.92 Å². The average Bonchev–Trinajstić information content (AvgIpc) is 2.44. The van der Waals surface area contributed by atoms with Crippen LogP contribution in [0.15, 0.2) is 6.07 Å². The fourth-order valence-corrected chi connectivity index (χ4v) is 1.09. The second kappa shape index (κ2) is 4.18. The van der Waals surface area contributed by atoms with Gasteiger partial charge in [0.2, 0.25) is 0 Å². The van der Waals surface area contributed by atoms with Crippen LogP contribution in [0.4, 0.5) is 0 Å². The molecule has 1 aromatic rings. The minimum absolute atomic E-state index is 0.000679. The van der Waals surface area contributed by atoms with Crippen molar-refractivity contribution in [3.63, 3.8) is 0 Å². The lowest BCUT2D eigenvalue weighted by Gasteiger charge is -2.01. The van der Waals surface area contributed by atoms with Crippen LogP contribution in [0.5, 0.6) is 0 Å². The first-order valence-corrected chi connectivity index (χ1v) is 4.19. The van der Waals surface area contributed by atoms with Crippen molar-refractivity contribution in [3.05, 3.63) is 17.5 Å². The Hall–Kier alpha value is -1.16. The van der Waals surface area contributed by atoms with E-state index in [-0.39, 0.29) is 5.78 Å². The molecule has 0 bridgehead atoms. The molecule has 0 aliphatic carbocycles. The summed E-state index contributed by atoms with van der Waals surface area (Å²) in [5.74, 6) is -0.000679. The van der Waals surface area contributed by atoms with E-state index in [9.17, 15) is 4.79 Å². The van der Waals surface area contributed by atoms with Gasteiger partial charge in [-0.3, -0.25) is 9.48 Å². The quantitative estimate of drug-likeness (QED) is 0.653. The Bertz CT molecular complexity index is 305. The van der Waals surface area contributed by atoms with Crippen molar-refractivity contribution in [1.29, 1.82) is 0 Å². The van der Waals surface area contributed by atoms with Crippen LogP contribution >= 0.6 is 0 Å². The van der Waals surface area contributed by atoms with Gasteiger partial charge in [0, 0.05) is 19.7 Å². The lowest BCUT2D eigenvalue weighted by Crippen LogP contribution is -2.08. The molecule has 0 aliphatic heterocycles. The van der Waals surface area contributed by atoms with Gasteiger partial charge in [0.25, 0.3) is 0 Å². The smallest absolute Gasteiger partial charge is 0.179 e. The summed E-state index contributed by atoms with van der Waals surface area (Å²) in [7, 11) is 1.64. The van der Waals surface area contributed by atoms with Gasteiger partial charge in [-0.1, -0.05) is 0 Å². The normalized spacial score (nSPS) is 10.4. The molecule has 13 heavy (non-hydrogen) atoms. The molecular formula is C9H14N2O2. The van der Waals surface area contributed by atoms with E-state index in [1.54, 1.807) is 17.9 Å². The molecule has 4 nitrogen and oxygen atoms in total. The molecule has 0 aliphatic rings. The zero-order valence-electron chi connectivity index (χ0n) is 8.20. The van der Waals surface area contributed by atoms with Crippen molar-refractivity contribution in [2.45, 2.75) is 20.4 Å². The predicted molar refractivity (Wildman–Crippen MR) is 48.8 cm³/mol. The molecule has 1 rings (SSSR count). The van der Waals surface area contributed by atoms with Crippen molar-refractivity contribution < 1.29 is 9.53 Å². The van der Waals surface area contributed by atoms with Gasteiger partial charge in [-0.2, -0.15) is 5.10 Å². The van der Waals surface area contributed by atoms with E-state index in [0.29, 0.717) is 18.8 Å². The van der Waals surface area contributed by atoms with E-state index < -0.39 is 0 Å². The third-order valence-corrected chi connectivity index (χ3v) is 1.85. The molecule has 72 valence electrons. The first kappa shape index (κ1) is 9.92. The van der Waals surface area contributed by atoms with E-state index in [2.05, 4.69) is 5.10 Å². The van der Waals surface area contributed by atoms with Crippen molar-refractivity contribution in [2.75, 3.05) is 13.7 Å². The standard InChI is InChI=1S/C9H14N2O2/c1-7-6-9(8(2)12)10-11(7)4-5-13-3/h6H,4-5H2,1-3H3. The maximum Gasteiger partial charge on any atom is 0.179 e. The molecule has 1 heterocycles. The zero-order valence-corrected chi connectivity index (χ0v) is 8.20. The summed E-state index contributed by atoms with van der Waals surface area (Å²) in [4.78, 5) is 11.0. The molecular weight excluding hydrogens is 168 g/mol. The maximum atomic E-state index is 11.0. The van der Waals surface area contributed by atoms with Gasteiger partial charge in [0.15, 0.2) is 5.78 Å². The molecule has 0 atom stereocenters. The summed E-state index contributed by atoms with van der Waals surface area (Å²) < 4.78 is 6.70. The van der Waals surface area contributed by atoms with Crippen LogP contribution in [0.1, 0.15) is 23.1 Å². The third kappa shape index (κ3) is 2.39. The number of ether oxygens (including phenoxy) is 1. The van der Waals surface area contributed by atoms with Crippen molar-refractivity contribution >= 4 is 5.78 Å². The highest BCUT2D eigenvalue weighted by molar-refractivity contribution is 5.92. The van der Waals surface area contributed by atoms with Gasteiger partial charge >= 0.3 is 0 Å². The number of rotatable bonds is 4. The topological polar surface area (TPSA) is 44.1 Å². The molecule has 0 saturated carbocycles. The van der Waals surface area contributed by atoms with Crippen molar-refractivity contribution in [1.82, 2.24) is 9.78 Å². The molecule has 1 aromatic heterocycles.